The highest BCUT2D eigenvalue weighted by Gasteiger charge is 2.32. The summed E-state index contributed by atoms with van der Waals surface area (Å²) in [5.41, 5.74) is 2.35. The SMILES string of the molecule is CC(=O)NC1CCN(C2CCC(c3cc(C)ccc3O)CC2)C1. The van der Waals surface area contributed by atoms with Crippen molar-refractivity contribution in [1.82, 2.24) is 10.2 Å². The second-order valence-electron chi connectivity index (χ2n) is 7.25. The van der Waals surface area contributed by atoms with Gasteiger partial charge in [-0.25, -0.2) is 0 Å². The molecule has 2 fully saturated rings. The molecule has 1 aliphatic heterocycles. The summed E-state index contributed by atoms with van der Waals surface area (Å²) in [4.78, 5) is 13.7. The van der Waals surface area contributed by atoms with Gasteiger partial charge in [0.25, 0.3) is 0 Å². The van der Waals surface area contributed by atoms with Crippen molar-refractivity contribution in [1.29, 1.82) is 0 Å². The molecule has 4 nitrogen and oxygen atoms in total. The molecular formula is C19H28N2O2. The van der Waals surface area contributed by atoms with Crippen LogP contribution in [0.5, 0.6) is 5.75 Å². The molecule has 1 saturated carbocycles. The molecule has 2 aliphatic rings. The number of carbonyl (C=O) groups is 1. The van der Waals surface area contributed by atoms with Gasteiger partial charge >= 0.3 is 0 Å². The zero-order valence-electron chi connectivity index (χ0n) is 14.2. The predicted molar refractivity (Wildman–Crippen MR) is 91.6 cm³/mol. The summed E-state index contributed by atoms with van der Waals surface area (Å²) in [6, 6.07) is 6.90. The minimum atomic E-state index is 0.0791. The number of carbonyl (C=O) groups excluding carboxylic acids is 1. The zero-order chi connectivity index (χ0) is 16.4. The first-order valence-corrected chi connectivity index (χ1v) is 8.83. The highest BCUT2D eigenvalue weighted by Crippen LogP contribution is 2.39. The van der Waals surface area contributed by atoms with Crippen LogP contribution in [-0.4, -0.2) is 41.1 Å². The third-order valence-electron chi connectivity index (χ3n) is 5.46. The van der Waals surface area contributed by atoms with Crippen LogP contribution in [0.1, 0.15) is 56.1 Å². The highest BCUT2D eigenvalue weighted by molar-refractivity contribution is 5.73. The molecule has 1 aliphatic carbocycles. The molecule has 1 aromatic carbocycles. The van der Waals surface area contributed by atoms with E-state index in [9.17, 15) is 9.90 Å². The van der Waals surface area contributed by atoms with E-state index in [1.807, 2.05) is 12.1 Å². The zero-order valence-corrected chi connectivity index (χ0v) is 14.2. The first kappa shape index (κ1) is 16.3. The summed E-state index contributed by atoms with van der Waals surface area (Å²) in [6.07, 6.45) is 5.72. The number of aryl methyl sites for hydroxylation is 1. The normalized spacial score (nSPS) is 28.7. The van der Waals surface area contributed by atoms with E-state index in [0.717, 1.165) is 37.9 Å². The van der Waals surface area contributed by atoms with E-state index in [2.05, 4.69) is 23.2 Å². The molecule has 1 atom stereocenters. The number of nitrogens with zero attached hydrogens (tertiary/aromatic N) is 1. The highest BCUT2D eigenvalue weighted by atomic mass is 16.3. The van der Waals surface area contributed by atoms with Crippen LogP contribution in [0.2, 0.25) is 0 Å². The summed E-state index contributed by atoms with van der Waals surface area (Å²) in [5, 5.41) is 13.2. The molecule has 3 rings (SSSR count). The molecule has 2 N–H and O–H groups in total. The molecule has 0 spiro atoms. The second-order valence-corrected chi connectivity index (χ2v) is 7.25. The van der Waals surface area contributed by atoms with Crippen LogP contribution >= 0.6 is 0 Å². The van der Waals surface area contributed by atoms with Gasteiger partial charge in [0.05, 0.1) is 0 Å². The number of rotatable bonds is 3. The van der Waals surface area contributed by atoms with E-state index in [1.165, 1.54) is 18.4 Å². The summed E-state index contributed by atoms with van der Waals surface area (Å²) in [7, 11) is 0. The minimum absolute atomic E-state index is 0.0791. The molecule has 1 heterocycles. The first-order valence-electron chi connectivity index (χ1n) is 8.83. The molecule has 0 bridgehead atoms. The number of hydrogen-bond donors (Lipinski definition) is 2. The number of nitrogens with one attached hydrogen (secondary N) is 1. The largest absolute Gasteiger partial charge is 0.508 e. The Kier molecular flexibility index (Phi) is 4.90. The third-order valence-corrected chi connectivity index (χ3v) is 5.46. The third kappa shape index (κ3) is 3.86. The predicted octanol–water partition coefficient (Wildman–Crippen LogP) is 2.94. The van der Waals surface area contributed by atoms with E-state index in [1.54, 1.807) is 6.92 Å². The molecule has 23 heavy (non-hydrogen) atoms. The Bertz CT molecular complexity index is 564. The molecule has 126 valence electrons. The maximum Gasteiger partial charge on any atom is 0.217 e. The van der Waals surface area contributed by atoms with Crippen LogP contribution in [0.15, 0.2) is 18.2 Å². The fraction of sp³-hybridized carbons (Fsp3) is 0.632. The molecule has 0 aromatic heterocycles. The fourth-order valence-electron chi connectivity index (χ4n) is 4.28. The smallest absolute Gasteiger partial charge is 0.217 e. The van der Waals surface area contributed by atoms with Gasteiger partial charge in [0.15, 0.2) is 0 Å². The number of phenols is 1. The maximum atomic E-state index is 11.2. The first-order chi connectivity index (χ1) is 11.0. The van der Waals surface area contributed by atoms with Crippen LogP contribution in [-0.2, 0) is 4.79 Å². The molecule has 1 unspecified atom stereocenters. The van der Waals surface area contributed by atoms with Gasteiger partial charge in [0.1, 0.15) is 5.75 Å². The van der Waals surface area contributed by atoms with E-state index >= 15 is 0 Å². The van der Waals surface area contributed by atoms with Crippen molar-refractivity contribution in [2.45, 2.75) is 64.0 Å². The van der Waals surface area contributed by atoms with Crippen LogP contribution in [0.4, 0.5) is 0 Å². The van der Waals surface area contributed by atoms with E-state index in [0.29, 0.717) is 23.8 Å². The Morgan fingerprint density at radius 1 is 1.22 bits per heavy atom. The average Bonchev–Trinajstić information content (AvgIpc) is 2.97. The Hall–Kier alpha value is -1.55. The van der Waals surface area contributed by atoms with Crippen molar-refractivity contribution in [3.05, 3.63) is 29.3 Å². The molecular weight excluding hydrogens is 288 g/mol. The Labute approximate surface area is 138 Å². The topological polar surface area (TPSA) is 52.6 Å². The fourth-order valence-corrected chi connectivity index (χ4v) is 4.28. The van der Waals surface area contributed by atoms with Gasteiger partial charge in [0, 0.05) is 32.1 Å². The van der Waals surface area contributed by atoms with Gasteiger partial charge in [-0.2, -0.15) is 0 Å². The lowest BCUT2D eigenvalue weighted by molar-refractivity contribution is -0.119. The quantitative estimate of drug-likeness (QED) is 0.901. The van der Waals surface area contributed by atoms with Crippen molar-refractivity contribution >= 4 is 5.91 Å². The number of phenolic OH excluding ortho intramolecular Hbond substituents is 1. The van der Waals surface area contributed by atoms with Crippen molar-refractivity contribution in [2.24, 2.45) is 0 Å². The summed E-state index contributed by atoms with van der Waals surface area (Å²) >= 11 is 0. The molecule has 4 heteroatoms. The Balaban J connectivity index is 1.55. The van der Waals surface area contributed by atoms with E-state index in [4.69, 9.17) is 0 Å². The standard InChI is InChI=1S/C19H28N2O2/c1-13-3-8-19(23)18(11-13)15-4-6-17(7-5-15)21-10-9-16(12-21)20-14(2)22/h3,8,11,15-17,23H,4-7,9-10,12H2,1-2H3,(H,20,22). The maximum absolute atomic E-state index is 11.2. The molecule has 0 radical (unpaired) electrons. The van der Waals surface area contributed by atoms with Gasteiger partial charge in [-0.1, -0.05) is 17.7 Å². The Morgan fingerprint density at radius 2 is 1.96 bits per heavy atom. The summed E-state index contributed by atoms with van der Waals surface area (Å²) in [5.74, 6) is 1.02. The van der Waals surface area contributed by atoms with Gasteiger partial charge in [-0.3, -0.25) is 9.69 Å². The Morgan fingerprint density at radius 3 is 2.65 bits per heavy atom. The van der Waals surface area contributed by atoms with Crippen LogP contribution in [0.25, 0.3) is 0 Å². The minimum Gasteiger partial charge on any atom is -0.508 e. The number of amides is 1. The number of benzene rings is 1. The number of hydrogen-bond acceptors (Lipinski definition) is 3. The molecule has 1 saturated heterocycles. The molecule has 1 amide bonds. The monoisotopic (exact) mass is 316 g/mol. The van der Waals surface area contributed by atoms with Crippen molar-refractivity contribution in [3.63, 3.8) is 0 Å². The van der Waals surface area contributed by atoms with Gasteiger partial charge in [-0.15, -0.1) is 0 Å². The summed E-state index contributed by atoms with van der Waals surface area (Å²) in [6.45, 7) is 5.77. The van der Waals surface area contributed by atoms with Crippen molar-refractivity contribution < 1.29 is 9.90 Å². The number of aromatic hydroxyl groups is 1. The lowest BCUT2D eigenvalue weighted by atomic mass is 9.80. The van der Waals surface area contributed by atoms with E-state index < -0.39 is 0 Å². The van der Waals surface area contributed by atoms with Crippen molar-refractivity contribution in [3.8, 4) is 5.75 Å². The van der Waals surface area contributed by atoms with E-state index in [-0.39, 0.29) is 5.91 Å². The van der Waals surface area contributed by atoms with Crippen molar-refractivity contribution in [2.75, 3.05) is 13.1 Å². The van der Waals surface area contributed by atoms with Gasteiger partial charge in [-0.05, 0) is 56.6 Å². The van der Waals surface area contributed by atoms with Gasteiger partial charge < -0.3 is 10.4 Å². The van der Waals surface area contributed by atoms with Crippen LogP contribution in [0, 0.1) is 6.92 Å². The second kappa shape index (κ2) is 6.91. The lowest BCUT2D eigenvalue weighted by Crippen LogP contribution is -2.40. The average molecular weight is 316 g/mol. The van der Waals surface area contributed by atoms with Crippen LogP contribution in [0.3, 0.4) is 0 Å². The summed E-state index contributed by atoms with van der Waals surface area (Å²) < 4.78 is 0. The lowest BCUT2D eigenvalue weighted by Gasteiger charge is -2.35. The molecule has 1 aromatic rings. The van der Waals surface area contributed by atoms with Crippen LogP contribution < -0.4 is 5.32 Å². The van der Waals surface area contributed by atoms with Gasteiger partial charge in [0.2, 0.25) is 5.91 Å². The number of likely N-dealkylation sites (tertiary alicyclic amines) is 1.